The van der Waals surface area contributed by atoms with E-state index in [-0.39, 0.29) is 5.54 Å². The van der Waals surface area contributed by atoms with E-state index in [1.165, 1.54) is 0 Å². The molecule has 3 aromatic rings. The maximum absolute atomic E-state index is 5.83. The number of nitrogens with one attached hydrogen (secondary N) is 2. The van der Waals surface area contributed by atoms with Crippen molar-refractivity contribution in [1.82, 2.24) is 20.2 Å². The lowest BCUT2D eigenvalue weighted by Crippen LogP contribution is -2.27. The Morgan fingerprint density at radius 2 is 1.81 bits per heavy atom. The second-order valence-corrected chi connectivity index (χ2v) is 6.04. The van der Waals surface area contributed by atoms with Gasteiger partial charge in [-0.25, -0.2) is 9.97 Å². The van der Waals surface area contributed by atoms with E-state index >= 15 is 0 Å². The molecule has 0 spiro atoms. The summed E-state index contributed by atoms with van der Waals surface area (Å²) >= 11 is 0. The van der Waals surface area contributed by atoms with Gasteiger partial charge in [-0.1, -0.05) is 6.07 Å². The van der Waals surface area contributed by atoms with Crippen molar-refractivity contribution in [3.05, 3.63) is 30.6 Å². The maximum atomic E-state index is 5.83. The van der Waals surface area contributed by atoms with E-state index in [9.17, 15) is 0 Å². The summed E-state index contributed by atoms with van der Waals surface area (Å²) in [5, 5.41) is 11.0. The first-order valence-corrected chi connectivity index (χ1v) is 6.76. The molecule has 4 N–H and O–H groups in total. The molecule has 0 unspecified atom stereocenters. The van der Waals surface area contributed by atoms with Crippen LogP contribution in [0.25, 0.3) is 22.0 Å². The number of anilines is 2. The number of aromatic amines is 1. The summed E-state index contributed by atoms with van der Waals surface area (Å²) < 4.78 is 0. The third kappa shape index (κ3) is 2.79. The molecule has 2 heterocycles. The van der Waals surface area contributed by atoms with Crippen molar-refractivity contribution in [2.24, 2.45) is 0 Å². The molecule has 6 heteroatoms. The van der Waals surface area contributed by atoms with Crippen LogP contribution in [0.2, 0.25) is 0 Å². The van der Waals surface area contributed by atoms with Gasteiger partial charge in [0, 0.05) is 28.9 Å². The molecule has 2 aromatic heterocycles. The Kier molecular flexibility index (Phi) is 3.01. The molecule has 1 aromatic carbocycles. The number of hydrogen-bond acceptors (Lipinski definition) is 5. The van der Waals surface area contributed by atoms with Gasteiger partial charge >= 0.3 is 0 Å². The minimum absolute atomic E-state index is 0.0638. The van der Waals surface area contributed by atoms with Crippen molar-refractivity contribution in [2.45, 2.75) is 26.3 Å². The predicted molar refractivity (Wildman–Crippen MR) is 84.9 cm³/mol. The molecule has 6 nitrogen and oxygen atoms in total. The average molecular weight is 282 g/mol. The van der Waals surface area contributed by atoms with Crippen LogP contribution >= 0.6 is 0 Å². The second kappa shape index (κ2) is 4.73. The fourth-order valence-corrected chi connectivity index (χ4v) is 2.09. The Labute approximate surface area is 122 Å². The van der Waals surface area contributed by atoms with Crippen LogP contribution in [0, 0.1) is 0 Å². The lowest BCUT2D eigenvalue weighted by Gasteiger charge is -2.20. The van der Waals surface area contributed by atoms with Gasteiger partial charge < -0.3 is 11.1 Å². The zero-order valence-corrected chi connectivity index (χ0v) is 12.3. The minimum Gasteiger partial charge on any atom is -0.382 e. The summed E-state index contributed by atoms with van der Waals surface area (Å²) in [5.74, 6) is 1.12. The highest BCUT2D eigenvalue weighted by molar-refractivity contribution is 5.92. The van der Waals surface area contributed by atoms with Crippen LogP contribution in [0.5, 0.6) is 0 Å². The number of fused-ring (bicyclic) bond motifs is 1. The topological polar surface area (TPSA) is 92.5 Å². The quantitative estimate of drug-likeness (QED) is 0.672. The van der Waals surface area contributed by atoms with Crippen molar-refractivity contribution in [2.75, 3.05) is 11.1 Å². The smallest absolute Gasteiger partial charge is 0.223 e. The Morgan fingerprint density at radius 3 is 2.48 bits per heavy atom. The van der Waals surface area contributed by atoms with Gasteiger partial charge in [0.25, 0.3) is 0 Å². The van der Waals surface area contributed by atoms with Crippen molar-refractivity contribution in [3.63, 3.8) is 0 Å². The third-order valence-corrected chi connectivity index (χ3v) is 3.06. The summed E-state index contributed by atoms with van der Waals surface area (Å²) in [7, 11) is 0. The number of nitrogens with two attached hydrogens (primary N) is 1. The first-order chi connectivity index (χ1) is 9.92. The van der Waals surface area contributed by atoms with Crippen LogP contribution in [0.3, 0.4) is 0 Å². The van der Waals surface area contributed by atoms with Gasteiger partial charge in [-0.05, 0) is 38.5 Å². The van der Waals surface area contributed by atoms with Gasteiger partial charge in [0.05, 0.1) is 5.52 Å². The van der Waals surface area contributed by atoms with E-state index in [0.717, 1.165) is 22.0 Å². The molecule has 0 aliphatic rings. The van der Waals surface area contributed by atoms with Gasteiger partial charge in [0.1, 0.15) is 0 Å². The zero-order valence-electron chi connectivity index (χ0n) is 12.3. The van der Waals surface area contributed by atoms with Gasteiger partial charge in [0.15, 0.2) is 5.82 Å². The van der Waals surface area contributed by atoms with Crippen LogP contribution in [0.15, 0.2) is 30.6 Å². The Morgan fingerprint density at radius 1 is 1.10 bits per heavy atom. The standard InChI is InChI=1S/C15H18N6/c1-15(2,3)19-14-17-7-10(8-18-14)9-4-5-12-11(6-9)13(16)21-20-12/h4-8H,1-3H3,(H3,16,20,21)(H,17,18,19). The number of rotatable bonds is 2. The molecule has 108 valence electrons. The molecule has 21 heavy (non-hydrogen) atoms. The lowest BCUT2D eigenvalue weighted by atomic mass is 10.1. The summed E-state index contributed by atoms with van der Waals surface area (Å²) in [6.07, 6.45) is 3.61. The van der Waals surface area contributed by atoms with E-state index in [0.29, 0.717) is 11.8 Å². The largest absolute Gasteiger partial charge is 0.382 e. The van der Waals surface area contributed by atoms with Crippen LogP contribution in [0.4, 0.5) is 11.8 Å². The van der Waals surface area contributed by atoms with Gasteiger partial charge in [-0.15, -0.1) is 0 Å². The number of hydrogen-bond donors (Lipinski definition) is 3. The van der Waals surface area contributed by atoms with E-state index in [1.54, 1.807) is 12.4 Å². The van der Waals surface area contributed by atoms with Crippen LogP contribution in [0.1, 0.15) is 20.8 Å². The second-order valence-electron chi connectivity index (χ2n) is 6.04. The zero-order chi connectivity index (χ0) is 15.0. The van der Waals surface area contributed by atoms with Crippen LogP contribution in [-0.4, -0.2) is 25.7 Å². The molecular weight excluding hydrogens is 264 g/mol. The predicted octanol–water partition coefficient (Wildman–Crippen LogP) is 2.81. The van der Waals surface area contributed by atoms with Gasteiger partial charge in [-0.2, -0.15) is 5.10 Å². The van der Waals surface area contributed by atoms with Gasteiger partial charge in [-0.3, -0.25) is 5.10 Å². The van der Waals surface area contributed by atoms with E-state index in [1.807, 2.05) is 18.2 Å². The number of nitrogen functional groups attached to an aromatic ring is 1. The first kappa shape index (κ1) is 13.4. The molecule has 3 rings (SSSR count). The number of nitrogens with zero attached hydrogens (tertiary/aromatic N) is 3. The Bertz CT molecular complexity index is 767. The molecule has 0 radical (unpaired) electrons. The molecule has 0 aliphatic carbocycles. The monoisotopic (exact) mass is 282 g/mol. The lowest BCUT2D eigenvalue weighted by molar-refractivity contribution is 0.626. The van der Waals surface area contributed by atoms with Crippen molar-refractivity contribution in [3.8, 4) is 11.1 Å². The van der Waals surface area contributed by atoms with E-state index in [4.69, 9.17) is 5.73 Å². The Hall–Kier alpha value is -2.63. The molecule has 0 atom stereocenters. The molecule has 0 saturated heterocycles. The highest BCUT2D eigenvalue weighted by Gasteiger charge is 2.11. The minimum atomic E-state index is -0.0638. The number of aromatic nitrogens is 4. The summed E-state index contributed by atoms with van der Waals surface area (Å²) in [4.78, 5) is 8.71. The van der Waals surface area contributed by atoms with Crippen molar-refractivity contribution < 1.29 is 0 Å². The van der Waals surface area contributed by atoms with E-state index in [2.05, 4.69) is 46.3 Å². The molecule has 0 fully saturated rings. The summed E-state index contributed by atoms with van der Waals surface area (Å²) in [5.41, 5.74) is 8.64. The van der Waals surface area contributed by atoms with Crippen molar-refractivity contribution >= 4 is 22.7 Å². The fraction of sp³-hybridized carbons (Fsp3) is 0.267. The van der Waals surface area contributed by atoms with Crippen molar-refractivity contribution in [1.29, 1.82) is 0 Å². The highest BCUT2D eigenvalue weighted by Crippen LogP contribution is 2.25. The number of benzene rings is 1. The summed E-state index contributed by atoms with van der Waals surface area (Å²) in [6, 6.07) is 5.94. The number of H-pyrrole nitrogens is 1. The highest BCUT2D eigenvalue weighted by atomic mass is 15.1. The maximum Gasteiger partial charge on any atom is 0.223 e. The molecular formula is C15H18N6. The SMILES string of the molecule is CC(C)(C)Nc1ncc(-c2ccc3[nH]nc(N)c3c2)cn1. The third-order valence-electron chi connectivity index (χ3n) is 3.06. The fourth-order valence-electron chi connectivity index (χ4n) is 2.09. The van der Waals surface area contributed by atoms with Gasteiger partial charge in [0.2, 0.25) is 5.95 Å². The first-order valence-electron chi connectivity index (χ1n) is 6.76. The normalized spacial score (nSPS) is 11.8. The average Bonchev–Trinajstić information content (AvgIpc) is 2.79. The molecule has 0 amide bonds. The van der Waals surface area contributed by atoms with E-state index < -0.39 is 0 Å². The van der Waals surface area contributed by atoms with Crippen LogP contribution < -0.4 is 11.1 Å². The summed E-state index contributed by atoms with van der Waals surface area (Å²) in [6.45, 7) is 6.21. The van der Waals surface area contributed by atoms with Crippen LogP contribution in [-0.2, 0) is 0 Å². The molecule has 0 aliphatic heterocycles. The molecule has 0 saturated carbocycles. The molecule has 0 bridgehead atoms. The Balaban J connectivity index is 1.93.